The molecule has 0 saturated carbocycles. The third-order valence-corrected chi connectivity index (χ3v) is 1.46. The summed E-state index contributed by atoms with van der Waals surface area (Å²) in [6.45, 7) is 3.88. The van der Waals surface area contributed by atoms with Crippen molar-refractivity contribution >= 4 is 12.6 Å². The van der Waals surface area contributed by atoms with Crippen LogP contribution in [0.1, 0.15) is 11.3 Å². The van der Waals surface area contributed by atoms with Gasteiger partial charge in [-0.25, -0.2) is 0 Å². The molecule has 0 aliphatic carbocycles. The number of hydrogen-bond donors (Lipinski definition) is 1. The van der Waals surface area contributed by atoms with Crippen LogP contribution in [-0.2, 0) is 0 Å². The molecule has 0 bridgehead atoms. The molecule has 2 heteroatoms. The Morgan fingerprint density at radius 3 is 2.25 bits per heavy atom. The van der Waals surface area contributed by atoms with Crippen LogP contribution in [-0.4, -0.2) is 0 Å². The molecule has 0 spiro atoms. The monoisotopic (exact) mass is 128 g/mol. The van der Waals surface area contributed by atoms with Crippen LogP contribution in [0, 0.1) is 13.8 Å². The summed E-state index contributed by atoms with van der Waals surface area (Å²) in [5.74, 6) is 0.924. The van der Waals surface area contributed by atoms with E-state index < -0.39 is 0 Å². The van der Waals surface area contributed by atoms with Crippen molar-refractivity contribution in [2.75, 3.05) is 0 Å². The molecule has 0 atom stereocenters. The highest BCUT2D eigenvalue weighted by atomic mass is 32.1. The molecule has 1 rings (SSSR count). The zero-order valence-electron chi connectivity index (χ0n) is 4.93. The van der Waals surface area contributed by atoms with Gasteiger partial charge in [0.15, 0.2) is 5.09 Å². The van der Waals surface area contributed by atoms with Gasteiger partial charge < -0.3 is 4.42 Å². The van der Waals surface area contributed by atoms with Gasteiger partial charge in [0.1, 0.15) is 5.76 Å². The van der Waals surface area contributed by atoms with Gasteiger partial charge in [0.2, 0.25) is 0 Å². The van der Waals surface area contributed by atoms with Crippen molar-refractivity contribution in [3.63, 3.8) is 0 Å². The van der Waals surface area contributed by atoms with Gasteiger partial charge in [0.05, 0.1) is 0 Å². The number of aryl methyl sites for hydroxylation is 2. The zero-order valence-corrected chi connectivity index (χ0v) is 5.83. The summed E-state index contributed by atoms with van der Waals surface area (Å²) in [5, 5.41) is 0.725. The molecular formula is C6H8OS. The number of thiol groups is 1. The van der Waals surface area contributed by atoms with E-state index in [2.05, 4.69) is 12.6 Å². The lowest BCUT2D eigenvalue weighted by atomic mass is 10.4. The van der Waals surface area contributed by atoms with Gasteiger partial charge in [0, 0.05) is 5.56 Å². The van der Waals surface area contributed by atoms with E-state index in [-0.39, 0.29) is 0 Å². The maximum absolute atomic E-state index is 5.08. The SMILES string of the molecule is Cc1cc(C)c(S)o1. The van der Waals surface area contributed by atoms with E-state index in [4.69, 9.17) is 4.42 Å². The van der Waals surface area contributed by atoms with E-state index in [0.29, 0.717) is 0 Å². The Kier molecular flexibility index (Phi) is 1.34. The van der Waals surface area contributed by atoms with Crippen LogP contribution in [0.3, 0.4) is 0 Å². The van der Waals surface area contributed by atoms with Crippen molar-refractivity contribution in [2.24, 2.45) is 0 Å². The summed E-state index contributed by atoms with van der Waals surface area (Å²) in [6.07, 6.45) is 0. The average molecular weight is 128 g/mol. The Morgan fingerprint density at radius 2 is 2.12 bits per heavy atom. The van der Waals surface area contributed by atoms with Gasteiger partial charge in [-0.15, -0.1) is 12.6 Å². The first kappa shape index (κ1) is 5.76. The van der Waals surface area contributed by atoms with Crippen LogP contribution in [0.4, 0.5) is 0 Å². The van der Waals surface area contributed by atoms with Crippen LogP contribution in [0.15, 0.2) is 15.6 Å². The van der Waals surface area contributed by atoms with Crippen LogP contribution < -0.4 is 0 Å². The average Bonchev–Trinajstić information content (AvgIpc) is 1.85. The van der Waals surface area contributed by atoms with Gasteiger partial charge in [-0.2, -0.15) is 0 Å². The summed E-state index contributed by atoms with van der Waals surface area (Å²) >= 11 is 4.05. The first-order valence-corrected chi connectivity index (χ1v) is 2.91. The van der Waals surface area contributed by atoms with Crippen LogP contribution in [0.25, 0.3) is 0 Å². The molecule has 1 aromatic rings. The Morgan fingerprint density at radius 1 is 1.50 bits per heavy atom. The number of rotatable bonds is 0. The van der Waals surface area contributed by atoms with Gasteiger partial charge in [-0.05, 0) is 19.9 Å². The van der Waals surface area contributed by atoms with E-state index in [9.17, 15) is 0 Å². The summed E-state index contributed by atoms with van der Waals surface area (Å²) in [7, 11) is 0. The summed E-state index contributed by atoms with van der Waals surface area (Å²) in [4.78, 5) is 0. The molecule has 0 fully saturated rings. The largest absolute Gasteiger partial charge is 0.455 e. The quantitative estimate of drug-likeness (QED) is 0.528. The molecular weight excluding hydrogens is 120 g/mol. The molecule has 0 radical (unpaired) electrons. The second-order valence-electron chi connectivity index (χ2n) is 1.85. The third-order valence-electron chi connectivity index (χ3n) is 1.01. The minimum Gasteiger partial charge on any atom is -0.455 e. The van der Waals surface area contributed by atoms with Crippen molar-refractivity contribution in [2.45, 2.75) is 18.9 Å². The fraction of sp³-hybridized carbons (Fsp3) is 0.333. The molecule has 44 valence electrons. The normalized spacial score (nSPS) is 9.88. The molecule has 1 nitrogen and oxygen atoms in total. The van der Waals surface area contributed by atoms with Crippen molar-refractivity contribution in [3.05, 3.63) is 17.4 Å². The Hall–Kier alpha value is -0.370. The molecule has 1 aromatic heterocycles. The molecule has 0 aliphatic rings. The summed E-state index contributed by atoms with van der Waals surface area (Å²) in [6, 6.07) is 1.96. The van der Waals surface area contributed by atoms with Crippen molar-refractivity contribution < 1.29 is 4.42 Å². The van der Waals surface area contributed by atoms with Crippen molar-refractivity contribution in [3.8, 4) is 0 Å². The predicted octanol–water partition coefficient (Wildman–Crippen LogP) is 2.19. The lowest BCUT2D eigenvalue weighted by Gasteiger charge is -1.79. The van der Waals surface area contributed by atoms with Crippen LogP contribution >= 0.6 is 12.6 Å². The smallest absolute Gasteiger partial charge is 0.160 e. The highest BCUT2D eigenvalue weighted by Gasteiger charge is 1.96. The highest BCUT2D eigenvalue weighted by molar-refractivity contribution is 7.80. The first-order chi connectivity index (χ1) is 3.70. The lowest BCUT2D eigenvalue weighted by molar-refractivity contribution is 0.447. The zero-order chi connectivity index (χ0) is 6.15. The van der Waals surface area contributed by atoms with Gasteiger partial charge in [-0.1, -0.05) is 0 Å². The molecule has 0 saturated heterocycles. The fourth-order valence-electron chi connectivity index (χ4n) is 0.629. The van der Waals surface area contributed by atoms with Gasteiger partial charge in [0.25, 0.3) is 0 Å². The minimum absolute atomic E-state index is 0.725. The molecule has 1 heterocycles. The topological polar surface area (TPSA) is 13.1 Å². The Balaban J connectivity index is 3.14. The predicted molar refractivity (Wildman–Crippen MR) is 35.4 cm³/mol. The molecule has 0 N–H and O–H groups in total. The Labute approximate surface area is 54.1 Å². The standard InChI is InChI=1S/C6H8OS/c1-4-3-5(2)7-6(4)8/h3,8H,1-2H3. The number of hydrogen-bond acceptors (Lipinski definition) is 2. The minimum atomic E-state index is 0.725. The second-order valence-corrected chi connectivity index (χ2v) is 2.25. The first-order valence-electron chi connectivity index (χ1n) is 2.46. The Bertz CT molecular complexity index is 171. The molecule has 8 heavy (non-hydrogen) atoms. The number of furan rings is 1. The summed E-state index contributed by atoms with van der Waals surface area (Å²) < 4.78 is 5.08. The van der Waals surface area contributed by atoms with E-state index in [0.717, 1.165) is 16.4 Å². The molecule has 0 aromatic carbocycles. The third kappa shape index (κ3) is 0.892. The van der Waals surface area contributed by atoms with Crippen molar-refractivity contribution in [1.29, 1.82) is 0 Å². The highest BCUT2D eigenvalue weighted by Crippen LogP contribution is 2.16. The maximum Gasteiger partial charge on any atom is 0.160 e. The lowest BCUT2D eigenvalue weighted by Crippen LogP contribution is -1.58. The fourth-order valence-corrected chi connectivity index (χ4v) is 0.838. The van der Waals surface area contributed by atoms with E-state index in [1.165, 1.54) is 0 Å². The second kappa shape index (κ2) is 1.86. The van der Waals surface area contributed by atoms with Crippen LogP contribution in [0.2, 0.25) is 0 Å². The van der Waals surface area contributed by atoms with Crippen molar-refractivity contribution in [1.82, 2.24) is 0 Å². The van der Waals surface area contributed by atoms with E-state index in [1.807, 2.05) is 19.9 Å². The van der Waals surface area contributed by atoms with E-state index in [1.54, 1.807) is 0 Å². The maximum atomic E-state index is 5.08. The summed E-state index contributed by atoms with van der Waals surface area (Å²) in [5.41, 5.74) is 1.10. The van der Waals surface area contributed by atoms with E-state index >= 15 is 0 Å². The molecule has 0 unspecified atom stereocenters. The molecule has 0 amide bonds. The van der Waals surface area contributed by atoms with Gasteiger partial charge in [-0.3, -0.25) is 0 Å². The molecule has 0 aliphatic heterocycles. The van der Waals surface area contributed by atoms with Gasteiger partial charge >= 0.3 is 0 Å². The van der Waals surface area contributed by atoms with Crippen LogP contribution in [0.5, 0.6) is 0 Å².